The second kappa shape index (κ2) is 10.3. The van der Waals surface area contributed by atoms with Crippen molar-refractivity contribution < 1.29 is 4.74 Å². The number of aromatic nitrogens is 2. The number of para-hydroxylation sites is 1. The first-order valence-electron chi connectivity index (χ1n) is 14.2. The Labute approximate surface area is 259 Å². The first-order chi connectivity index (χ1) is 21.1. The molecule has 6 heteroatoms. The van der Waals surface area contributed by atoms with Gasteiger partial charge >= 0.3 is 0 Å². The van der Waals surface area contributed by atoms with Crippen molar-refractivity contribution in [3.63, 3.8) is 0 Å². The lowest BCUT2D eigenvalue weighted by atomic mass is 9.77. The summed E-state index contributed by atoms with van der Waals surface area (Å²) in [6.45, 7) is 4.64. The van der Waals surface area contributed by atoms with E-state index in [1.165, 1.54) is 20.9 Å². The third-order valence-corrected chi connectivity index (χ3v) is 10.6. The van der Waals surface area contributed by atoms with Gasteiger partial charge in [-0.25, -0.2) is 9.97 Å². The molecule has 2 aliphatic heterocycles. The predicted octanol–water partition coefficient (Wildman–Crippen LogP) is 10.7. The Bertz CT molecular complexity index is 1990. The van der Waals surface area contributed by atoms with Gasteiger partial charge in [-0.2, -0.15) is 0 Å². The monoisotopic (exact) mass is 593 g/mol. The van der Waals surface area contributed by atoms with Gasteiger partial charge in [0.2, 0.25) is 0 Å². The zero-order valence-corrected chi connectivity index (χ0v) is 25.3. The van der Waals surface area contributed by atoms with Crippen LogP contribution in [-0.4, -0.2) is 9.97 Å². The minimum atomic E-state index is -0.124. The molecular formula is C37H27N3OS2. The minimum absolute atomic E-state index is 0.124. The SMILES string of the molecule is CC1(C)c2ccccc2Sc2c(N(c3ccc(-c4cccc5c4Sc4ccccc4O5)cc3)c3cncnc3)cccc21. The summed E-state index contributed by atoms with van der Waals surface area (Å²) < 4.78 is 6.27. The van der Waals surface area contributed by atoms with E-state index in [1.807, 2.05) is 42.4 Å². The number of anilines is 3. The summed E-state index contributed by atoms with van der Waals surface area (Å²) in [5.41, 5.74) is 7.93. The average molecular weight is 594 g/mol. The molecule has 208 valence electrons. The second-order valence-electron chi connectivity index (χ2n) is 11.1. The van der Waals surface area contributed by atoms with Gasteiger partial charge in [0, 0.05) is 20.9 Å². The average Bonchev–Trinajstić information content (AvgIpc) is 3.05. The lowest BCUT2D eigenvalue weighted by molar-refractivity contribution is 0.455. The van der Waals surface area contributed by atoms with Crippen molar-refractivity contribution in [2.45, 2.75) is 38.8 Å². The van der Waals surface area contributed by atoms with E-state index < -0.39 is 0 Å². The van der Waals surface area contributed by atoms with Crippen molar-refractivity contribution >= 4 is 40.6 Å². The summed E-state index contributed by atoms with van der Waals surface area (Å²) in [5, 5.41) is 0. The summed E-state index contributed by atoms with van der Waals surface area (Å²) in [5.74, 6) is 1.80. The maximum Gasteiger partial charge on any atom is 0.142 e. The number of ether oxygens (including phenoxy) is 1. The van der Waals surface area contributed by atoms with E-state index in [2.05, 4.69) is 120 Å². The predicted molar refractivity (Wildman–Crippen MR) is 175 cm³/mol. The molecule has 0 fully saturated rings. The van der Waals surface area contributed by atoms with E-state index in [1.54, 1.807) is 18.1 Å². The first kappa shape index (κ1) is 26.1. The Kier molecular flexibility index (Phi) is 6.28. The van der Waals surface area contributed by atoms with Crippen LogP contribution in [0, 0.1) is 0 Å². The molecule has 0 N–H and O–H groups in total. The van der Waals surface area contributed by atoms with E-state index in [4.69, 9.17) is 4.74 Å². The second-order valence-corrected chi connectivity index (χ2v) is 13.2. The lowest BCUT2D eigenvalue weighted by Crippen LogP contribution is -2.25. The van der Waals surface area contributed by atoms with Crippen molar-refractivity contribution in [3.8, 4) is 22.6 Å². The van der Waals surface area contributed by atoms with Crippen molar-refractivity contribution in [3.05, 3.63) is 139 Å². The van der Waals surface area contributed by atoms with E-state index in [0.29, 0.717) is 0 Å². The van der Waals surface area contributed by atoms with Gasteiger partial charge in [0.25, 0.3) is 0 Å². The highest BCUT2D eigenvalue weighted by Gasteiger charge is 2.35. The third kappa shape index (κ3) is 4.41. The standard InChI is InChI=1S/C37H27N3OS2/c1-37(2)28-10-3-5-15-33(28)42-36-29(37)11-8-12-30(36)40(26-21-38-23-39-22-26)25-19-17-24(18-20-25)27-9-7-14-32-35(27)43-34-16-6-4-13-31(34)41-32/h3-23H,1-2H3. The van der Waals surface area contributed by atoms with Crippen LogP contribution in [-0.2, 0) is 5.41 Å². The molecule has 4 nitrogen and oxygen atoms in total. The van der Waals surface area contributed by atoms with Crippen LogP contribution in [0.2, 0.25) is 0 Å². The number of fused-ring (bicyclic) bond motifs is 4. The summed E-state index contributed by atoms with van der Waals surface area (Å²) in [6.07, 6.45) is 5.34. The molecule has 0 aliphatic carbocycles. The van der Waals surface area contributed by atoms with Gasteiger partial charge < -0.3 is 9.64 Å². The van der Waals surface area contributed by atoms with Gasteiger partial charge in [-0.1, -0.05) is 104 Å². The fourth-order valence-electron chi connectivity index (χ4n) is 6.03. The molecule has 0 atom stereocenters. The number of rotatable bonds is 4. The van der Waals surface area contributed by atoms with Gasteiger partial charge in [0.1, 0.15) is 17.8 Å². The summed E-state index contributed by atoms with van der Waals surface area (Å²) >= 11 is 3.60. The normalized spacial score (nSPS) is 14.0. The Hall–Kier alpha value is -4.52. The van der Waals surface area contributed by atoms with Crippen molar-refractivity contribution in [1.29, 1.82) is 0 Å². The quantitative estimate of drug-likeness (QED) is 0.202. The number of hydrogen-bond acceptors (Lipinski definition) is 6. The van der Waals surface area contributed by atoms with Crippen LogP contribution in [0.25, 0.3) is 11.1 Å². The van der Waals surface area contributed by atoms with Crippen LogP contribution in [0.3, 0.4) is 0 Å². The van der Waals surface area contributed by atoms with Gasteiger partial charge in [0.05, 0.1) is 33.6 Å². The summed E-state index contributed by atoms with van der Waals surface area (Å²) in [4.78, 5) is 15.9. The molecule has 0 spiro atoms. The highest BCUT2D eigenvalue weighted by molar-refractivity contribution is 8.00. The number of hydrogen-bond donors (Lipinski definition) is 0. The fraction of sp³-hybridized carbons (Fsp3) is 0.0811. The highest BCUT2D eigenvalue weighted by Crippen LogP contribution is 2.54. The van der Waals surface area contributed by atoms with E-state index >= 15 is 0 Å². The smallest absolute Gasteiger partial charge is 0.142 e. The number of benzene rings is 5. The van der Waals surface area contributed by atoms with Gasteiger partial charge in [-0.05, 0) is 64.7 Å². The van der Waals surface area contributed by atoms with Crippen molar-refractivity contribution in [2.24, 2.45) is 0 Å². The first-order valence-corrected chi connectivity index (χ1v) is 15.9. The maximum absolute atomic E-state index is 6.27. The molecule has 0 saturated heterocycles. The Morgan fingerprint density at radius 1 is 0.605 bits per heavy atom. The van der Waals surface area contributed by atoms with E-state index in [0.717, 1.165) is 49.5 Å². The van der Waals surface area contributed by atoms with Crippen molar-refractivity contribution in [2.75, 3.05) is 4.90 Å². The zero-order valence-electron chi connectivity index (χ0n) is 23.7. The maximum atomic E-state index is 6.27. The van der Waals surface area contributed by atoms with E-state index in [-0.39, 0.29) is 5.41 Å². The van der Waals surface area contributed by atoms with Crippen LogP contribution >= 0.6 is 23.5 Å². The Morgan fingerprint density at radius 3 is 2.12 bits per heavy atom. The third-order valence-electron chi connectivity index (χ3n) is 8.18. The van der Waals surface area contributed by atoms with E-state index in [9.17, 15) is 0 Å². The van der Waals surface area contributed by atoms with Crippen LogP contribution in [0.1, 0.15) is 25.0 Å². The summed E-state index contributed by atoms with van der Waals surface area (Å²) in [6, 6.07) is 38.6. The topological polar surface area (TPSA) is 38.2 Å². The largest absolute Gasteiger partial charge is 0.455 e. The molecule has 0 saturated carbocycles. The van der Waals surface area contributed by atoms with Crippen LogP contribution in [0.15, 0.2) is 147 Å². The van der Waals surface area contributed by atoms with Crippen LogP contribution in [0.4, 0.5) is 17.1 Å². The molecule has 5 aromatic carbocycles. The van der Waals surface area contributed by atoms with Gasteiger partial charge in [0.15, 0.2) is 0 Å². The molecule has 1 aromatic heterocycles. The van der Waals surface area contributed by atoms with Gasteiger partial charge in [-0.15, -0.1) is 0 Å². The molecule has 8 rings (SSSR count). The van der Waals surface area contributed by atoms with Crippen molar-refractivity contribution in [1.82, 2.24) is 9.97 Å². The molecule has 43 heavy (non-hydrogen) atoms. The molecule has 0 unspecified atom stereocenters. The fourth-order valence-corrected chi connectivity index (χ4v) is 8.61. The molecule has 0 radical (unpaired) electrons. The zero-order chi connectivity index (χ0) is 29.0. The minimum Gasteiger partial charge on any atom is -0.455 e. The molecule has 2 aliphatic rings. The lowest BCUT2D eigenvalue weighted by Gasteiger charge is -2.37. The molecule has 3 heterocycles. The van der Waals surface area contributed by atoms with Gasteiger partial charge in [-0.3, -0.25) is 0 Å². The molecule has 6 aromatic rings. The molecule has 0 bridgehead atoms. The summed E-state index contributed by atoms with van der Waals surface area (Å²) in [7, 11) is 0. The molecular weight excluding hydrogens is 567 g/mol. The number of nitrogens with zero attached hydrogens (tertiary/aromatic N) is 3. The van der Waals surface area contributed by atoms with Crippen LogP contribution in [0.5, 0.6) is 11.5 Å². The Morgan fingerprint density at radius 2 is 1.28 bits per heavy atom. The molecule has 0 amide bonds. The van der Waals surface area contributed by atoms with Crippen LogP contribution < -0.4 is 9.64 Å². The Balaban J connectivity index is 1.23. The highest BCUT2D eigenvalue weighted by atomic mass is 32.2.